The van der Waals surface area contributed by atoms with E-state index in [0.29, 0.717) is 5.54 Å². The Morgan fingerprint density at radius 2 is 1.69 bits per heavy atom. The van der Waals surface area contributed by atoms with Crippen LogP contribution < -0.4 is 10.6 Å². The van der Waals surface area contributed by atoms with Gasteiger partial charge in [-0.3, -0.25) is 5.32 Å². The molecule has 1 aliphatic heterocycles. The molecule has 13 heavy (non-hydrogen) atoms. The van der Waals surface area contributed by atoms with E-state index in [1.807, 2.05) is 0 Å². The molecule has 0 aromatic rings. The Hall–Kier alpha value is -0.0800. The van der Waals surface area contributed by atoms with Crippen molar-refractivity contribution < 1.29 is 0 Å². The van der Waals surface area contributed by atoms with Crippen LogP contribution in [-0.2, 0) is 0 Å². The molecule has 0 saturated carbocycles. The fourth-order valence-electron chi connectivity index (χ4n) is 2.12. The molecule has 1 fully saturated rings. The minimum Gasteiger partial charge on any atom is -0.303 e. The van der Waals surface area contributed by atoms with Gasteiger partial charge in [0.05, 0.1) is 0 Å². The van der Waals surface area contributed by atoms with Crippen molar-refractivity contribution in [2.45, 2.75) is 57.9 Å². The smallest absolute Gasteiger partial charge is 0.0459 e. The van der Waals surface area contributed by atoms with Gasteiger partial charge in [0, 0.05) is 18.8 Å². The lowest BCUT2D eigenvalue weighted by Gasteiger charge is -2.28. The van der Waals surface area contributed by atoms with Gasteiger partial charge in [0.2, 0.25) is 0 Å². The molecule has 0 atom stereocenters. The molecule has 2 N–H and O–H groups in total. The lowest BCUT2D eigenvalue weighted by Crippen LogP contribution is -2.42. The van der Waals surface area contributed by atoms with Crippen LogP contribution >= 0.6 is 0 Å². The normalized spacial score (nSPS) is 20.8. The molecule has 1 heterocycles. The van der Waals surface area contributed by atoms with Gasteiger partial charge < -0.3 is 5.32 Å². The van der Waals surface area contributed by atoms with E-state index < -0.39 is 0 Å². The first-order valence-corrected chi connectivity index (χ1v) is 5.79. The summed E-state index contributed by atoms with van der Waals surface area (Å²) in [6.45, 7) is 6.73. The van der Waals surface area contributed by atoms with Crippen molar-refractivity contribution in [1.29, 1.82) is 0 Å². The molecule has 0 spiro atoms. The maximum Gasteiger partial charge on any atom is 0.0459 e. The molecule has 1 aliphatic rings. The van der Waals surface area contributed by atoms with Crippen LogP contribution in [0, 0.1) is 0 Å². The molecule has 2 nitrogen and oxygen atoms in total. The first-order valence-electron chi connectivity index (χ1n) is 5.79. The van der Waals surface area contributed by atoms with Crippen molar-refractivity contribution in [3.63, 3.8) is 0 Å². The van der Waals surface area contributed by atoms with Gasteiger partial charge >= 0.3 is 0 Å². The highest BCUT2D eigenvalue weighted by molar-refractivity contribution is 4.93. The van der Waals surface area contributed by atoms with E-state index in [1.54, 1.807) is 0 Å². The van der Waals surface area contributed by atoms with Crippen LogP contribution in [0.1, 0.15) is 52.4 Å². The van der Waals surface area contributed by atoms with E-state index in [1.165, 1.54) is 45.1 Å². The van der Waals surface area contributed by atoms with Crippen LogP contribution in [0.2, 0.25) is 0 Å². The van der Waals surface area contributed by atoms with Gasteiger partial charge in [-0.15, -0.1) is 0 Å². The molecule has 0 amide bonds. The van der Waals surface area contributed by atoms with E-state index >= 15 is 0 Å². The summed E-state index contributed by atoms with van der Waals surface area (Å²) >= 11 is 0. The molecule has 0 aromatic heterocycles. The van der Waals surface area contributed by atoms with Crippen LogP contribution in [0.3, 0.4) is 0 Å². The second-order valence-corrected chi connectivity index (χ2v) is 4.27. The van der Waals surface area contributed by atoms with E-state index in [4.69, 9.17) is 0 Å². The van der Waals surface area contributed by atoms with Crippen LogP contribution in [0.25, 0.3) is 0 Å². The van der Waals surface area contributed by atoms with Crippen molar-refractivity contribution in [2.75, 3.05) is 13.2 Å². The monoisotopic (exact) mass is 184 g/mol. The molecule has 0 unspecified atom stereocenters. The zero-order valence-corrected chi connectivity index (χ0v) is 9.16. The zero-order valence-electron chi connectivity index (χ0n) is 9.16. The van der Waals surface area contributed by atoms with Crippen molar-refractivity contribution in [3.8, 4) is 0 Å². The molecular formula is C11H24N2. The summed E-state index contributed by atoms with van der Waals surface area (Å²) in [5, 5.41) is 7.05. The predicted molar refractivity (Wildman–Crippen MR) is 57.8 cm³/mol. The lowest BCUT2D eigenvalue weighted by molar-refractivity contribution is 0.323. The Balaban J connectivity index is 2.33. The molecular weight excluding hydrogens is 160 g/mol. The van der Waals surface area contributed by atoms with Crippen LogP contribution in [0.5, 0.6) is 0 Å². The fraction of sp³-hybridized carbons (Fsp3) is 1.00. The Bertz CT molecular complexity index is 118. The van der Waals surface area contributed by atoms with E-state index in [2.05, 4.69) is 24.5 Å². The largest absolute Gasteiger partial charge is 0.303 e. The van der Waals surface area contributed by atoms with Crippen molar-refractivity contribution in [1.82, 2.24) is 10.6 Å². The van der Waals surface area contributed by atoms with E-state index in [0.717, 1.165) is 6.67 Å². The minimum absolute atomic E-state index is 0.437. The van der Waals surface area contributed by atoms with Crippen molar-refractivity contribution in [3.05, 3.63) is 0 Å². The summed E-state index contributed by atoms with van der Waals surface area (Å²) in [7, 11) is 0. The summed E-state index contributed by atoms with van der Waals surface area (Å²) < 4.78 is 0. The van der Waals surface area contributed by atoms with Crippen LogP contribution in [-0.4, -0.2) is 18.8 Å². The van der Waals surface area contributed by atoms with Crippen LogP contribution in [0.4, 0.5) is 0 Å². The van der Waals surface area contributed by atoms with Crippen LogP contribution in [0.15, 0.2) is 0 Å². The number of hydrogen-bond donors (Lipinski definition) is 2. The zero-order chi connectivity index (χ0) is 9.57. The topological polar surface area (TPSA) is 24.1 Å². The molecule has 0 aromatic carbocycles. The van der Waals surface area contributed by atoms with Gasteiger partial charge in [-0.1, -0.05) is 39.5 Å². The summed E-state index contributed by atoms with van der Waals surface area (Å²) in [6.07, 6.45) is 8.04. The average molecular weight is 184 g/mol. The molecule has 78 valence electrons. The Morgan fingerprint density at radius 1 is 1.08 bits per heavy atom. The van der Waals surface area contributed by atoms with Gasteiger partial charge in [0.1, 0.15) is 0 Å². The first kappa shape index (κ1) is 11.0. The van der Waals surface area contributed by atoms with E-state index in [-0.39, 0.29) is 0 Å². The highest BCUT2D eigenvalue weighted by Gasteiger charge is 2.31. The lowest BCUT2D eigenvalue weighted by atomic mass is 9.88. The maximum atomic E-state index is 3.63. The quantitative estimate of drug-likeness (QED) is 0.661. The van der Waals surface area contributed by atoms with Gasteiger partial charge in [-0.25, -0.2) is 0 Å². The molecule has 1 rings (SSSR count). The molecule has 0 radical (unpaired) electrons. The SMILES string of the molecule is CCCCC1(CCCC)CNCN1. The standard InChI is InChI=1S/C11H24N2/c1-3-5-7-11(8-6-4-2)9-12-10-13-11/h12-13H,3-10H2,1-2H3. The summed E-state index contributed by atoms with van der Waals surface area (Å²) in [6, 6.07) is 0. The number of rotatable bonds is 6. The van der Waals surface area contributed by atoms with Gasteiger partial charge in [-0.2, -0.15) is 0 Å². The Kier molecular flexibility index (Phi) is 4.74. The molecule has 2 heteroatoms. The van der Waals surface area contributed by atoms with Gasteiger partial charge in [0.15, 0.2) is 0 Å². The Labute approximate surface area is 82.5 Å². The number of hydrogen-bond acceptors (Lipinski definition) is 2. The predicted octanol–water partition coefficient (Wildman–Crippen LogP) is 2.26. The highest BCUT2D eigenvalue weighted by atomic mass is 15.2. The summed E-state index contributed by atoms with van der Waals surface area (Å²) in [5.74, 6) is 0. The summed E-state index contributed by atoms with van der Waals surface area (Å²) in [5.41, 5.74) is 0.437. The molecule has 0 bridgehead atoms. The average Bonchev–Trinajstić information content (AvgIpc) is 2.61. The molecule has 0 aliphatic carbocycles. The Morgan fingerprint density at radius 3 is 2.08 bits per heavy atom. The summed E-state index contributed by atoms with van der Waals surface area (Å²) in [4.78, 5) is 0. The molecule has 1 saturated heterocycles. The third-order valence-corrected chi connectivity index (χ3v) is 3.07. The third-order valence-electron chi connectivity index (χ3n) is 3.07. The second kappa shape index (κ2) is 5.61. The highest BCUT2D eigenvalue weighted by Crippen LogP contribution is 2.22. The van der Waals surface area contributed by atoms with Gasteiger partial charge in [0.25, 0.3) is 0 Å². The minimum atomic E-state index is 0.437. The fourth-order valence-corrected chi connectivity index (χ4v) is 2.12. The number of unbranched alkanes of at least 4 members (excludes halogenated alkanes) is 2. The number of nitrogens with one attached hydrogen (secondary N) is 2. The first-order chi connectivity index (χ1) is 6.33. The van der Waals surface area contributed by atoms with Crippen molar-refractivity contribution in [2.24, 2.45) is 0 Å². The third kappa shape index (κ3) is 3.28. The van der Waals surface area contributed by atoms with Gasteiger partial charge in [-0.05, 0) is 12.8 Å². The second-order valence-electron chi connectivity index (χ2n) is 4.27. The van der Waals surface area contributed by atoms with E-state index in [9.17, 15) is 0 Å². The van der Waals surface area contributed by atoms with Crippen molar-refractivity contribution >= 4 is 0 Å². The maximum absolute atomic E-state index is 3.63.